The van der Waals surface area contributed by atoms with Gasteiger partial charge >= 0.3 is 5.97 Å². The van der Waals surface area contributed by atoms with E-state index in [2.05, 4.69) is 5.32 Å². The van der Waals surface area contributed by atoms with E-state index in [-0.39, 0.29) is 32.7 Å². The van der Waals surface area contributed by atoms with Crippen LogP contribution in [-0.2, 0) is 9.59 Å². The zero-order valence-electron chi connectivity index (χ0n) is 13.4. The number of anilines is 2. The summed E-state index contributed by atoms with van der Waals surface area (Å²) in [5.74, 6) is -2.97. The van der Waals surface area contributed by atoms with Crippen molar-refractivity contribution in [3.8, 4) is 5.75 Å². The van der Waals surface area contributed by atoms with E-state index in [0.717, 1.165) is 17.0 Å². The topological polar surface area (TPSA) is 107 Å². The number of benzene rings is 2. The first-order valence-electron chi connectivity index (χ1n) is 7.53. The molecule has 3 N–H and O–H groups in total. The number of imide groups is 1. The molecule has 2 amide bonds. The highest BCUT2D eigenvalue weighted by atomic mass is 35.5. The minimum atomic E-state index is -1.33. The maximum Gasteiger partial charge on any atom is 0.339 e. The number of phenols is 1. The van der Waals surface area contributed by atoms with Crippen molar-refractivity contribution in [2.75, 3.05) is 10.2 Å². The van der Waals surface area contributed by atoms with Crippen LogP contribution in [0.15, 0.2) is 30.3 Å². The van der Waals surface area contributed by atoms with Crippen LogP contribution in [0.5, 0.6) is 5.75 Å². The predicted molar refractivity (Wildman–Crippen MR) is 101 cm³/mol. The molecular weight excluding hydrogens is 419 g/mol. The third kappa shape index (κ3) is 3.66. The fraction of sp³-hybridized carbons (Fsp3) is 0.118. The molecule has 7 nitrogen and oxygen atoms in total. The van der Waals surface area contributed by atoms with Crippen LogP contribution >= 0.6 is 34.8 Å². The zero-order chi connectivity index (χ0) is 19.9. The Balaban J connectivity index is 1.86. The number of carbonyl (C=O) groups is 3. The first kappa shape index (κ1) is 19.3. The minimum Gasteiger partial charge on any atom is -0.507 e. The average molecular weight is 430 g/mol. The number of nitrogens with one attached hydrogen (secondary N) is 1. The smallest absolute Gasteiger partial charge is 0.339 e. The number of aromatic carboxylic acids is 1. The molecule has 3 rings (SSSR count). The van der Waals surface area contributed by atoms with E-state index in [9.17, 15) is 19.5 Å². The van der Waals surface area contributed by atoms with Gasteiger partial charge in [-0.3, -0.25) is 9.59 Å². The van der Waals surface area contributed by atoms with Gasteiger partial charge in [0.1, 0.15) is 17.4 Å². The predicted octanol–water partition coefficient (Wildman–Crippen LogP) is 3.79. The van der Waals surface area contributed by atoms with Crippen LogP contribution in [0.25, 0.3) is 0 Å². The molecule has 1 unspecified atom stereocenters. The molecule has 1 fully saturated rings. The lowest BCUT2D eigenvalue weighted by Crippen LogP contribution is -2.34. The molecule has 0 aromatic heterocycles. The SMILES string of the molecule is O=C(O)c1ccc(N2C(=O)CC(Nc3cc(Cl)c(Cl)cc3Cl)C2=O)cc1O. The fourth-order valence-electron chi connectivity index (χ4n) is 2.68. The molecule has 0 bridgehead atoms. The Bertz CT molecular complexity index is 979. The summed E-state index contributed by atoms with van der Waals surface area (Å²) in [5, 5.41) is 22.3. The second-order valence-corrected chi connectivity index (χ2v) is 6.94. The molecule has 0 saturated carbocycles. The second kappa shape index (κ2) is 7.26. The van der Waals surface area contributed by atoms with Crippen LogP contribution in [0.4, 0.5) is 11.4 Å². The average Bonchev–Trinajstić information content (AvgIpc) is 2.86. The second-order valence-electron chi connectivity index (χ2n) is 5.72. The van der Waals surface area contributed by atoms with Gasteiger partial charge in [0.05, 0.1) is 32.9 Å². The highest BCUT2D eigenvalue weighted by Crippen LogP contribution is 2.34. The van der Waals surface area contributed by atoms with Crippen LogP contribution < -0.4 is 10.2 Å². The fourth-order valence-corrected chi connectivity index (χ4v) is 3.28. The van der Waals surface area contributed by atoms with Crippen molar-refractivity contribution < 1.29 is 24.6 Å². The summed E-state index contributed by atoms with van der Waals surface area (Å²) < 4.78 is 0. The number of hydrogen-bond acceptors (Lipinski definition) is 5. The highest BCUT2D eigenvalue weighted by Gasteiger charge is 2.40. The van der Waals surface area contributed by atoms with Crippen molar-refractivity contribution in [3.05, 3.63) is 51.0 Å². The molecule has 1 heterocycles. The Kier molecular flexibility index (Phi) is 5.19. The van der Waals surface area contributed by atoms with Crippen LogP contribution in [0.3, 0.4) is 0 Å². The van der Waals surface area contributed by atoms with Gasteiger partial charge in [-0.2, -0.15) is 0 Å². The molecule has 0 spiro atoms. The number of aromatic hydroxyl groups is 1. The summed E-state index contributed by atoms with van der Waals surface area (Å²) in [6.45, 7) is 0. The van der Waals surface area contributed by atoms with E-state index in [1.165, 1.54) is 18.2 Å². The van der Waals surface area contributed by atoms with E-state index >= 15 is 0 Å². The summed E-state index contributed by atoms with van der Waals surface area (Å²) in [6.07, 6.45) is -0.156. The summed E-state index contributed by atoms with van der Waals surface area (Å²) in [6, 6.07) is 5.38. The molecule has 0 radical (unpaired) electrons. The number of hydrogen-bond donors (Lipinski definition) is 3. The highest BCUT2D eigenvalue weighted by molar-refractivity contribution is 6.44. The van der Waals surface area contributed by atoms with E-state index in [1.807, 2.05) is 0 Å². The number of nitrogens with zero attached hydrogens (tertiary/aromatic N) is 1. The molecule has 1 saturated heterocycles. The van der Waals surface area contributed by atoms with Gasteiger partial charge in [-0.05, 0) is 24.3 Å². The van der Waals surface area contributed by atoms with Crippen LogP contribution in [-0.4, -0.2) is 34.0 Å². The van der Waals surface area contributed by atoms with Gasteiger partial charge in [-0.1, -0.05) is 34.8 Å². The van der Waals surface area contributed by atoms with Gasteiger partial charge in [-0.25, -0.2) is 9.69 Å². The summed E-state index contributed by atoms with van der Waals surface area (Å²) in [7, 11) is 0. The third-order valence-corrected chi connectivity index (χ3v) is 4.99. The number of amides is 2. The van der Waals surface area contributed by atoms with Crippen LogP contribution in [0.1, 0.15) is 16.8 Å². The molecule has 140 valence electrons. The molecule has 0 aliphatic carbocycles. The van der Waals surface area contributed by atoms with Crippen LogP contribution in [0, 0.1) is 0 Å². The van der Waals surface area contributed by atoms with Crippen molar-refractivity contribution in [2.24, 2.45) is 0 Å². The quantitative estimate of drug-likeness (QED) is 0.504. The lowest BCUT2D eigenvalue weighted by Gasteiger charge is -2.17. The molecule has 1 aliphatic rings. The molecular formula is C17H11Cl3N2O5. The van der Waals surface area contributed by atoms with Crippen LogP contribution in [0.2, 0.25) is 15.1 Å². The normalized spacial score (nSPS) is 16.7. The van der Waals surface area contributed by atoms with Gasteiger partial charge < -0.3 is 15.5 Å². The van der Waals surface area contributed by atoms with E-state index in [4.69, 9.17) is 39.9 Å². The van der Waals surface area contributed by atoms with Gasteiger partial charge in [0, 0.05) is 6.07 Å². The first-order chi connectivity index (χ1) is 12.7. The van der Waals surface area contributed by atoms with Crippen molar-refractivity contribution in [1.29, 1.82) is 0 Å². The zero-order valence-corrected chi connectivity index (χ0v) is 15.6. The maximum atomic E-state index is 12.7. The molecule has 1 aliphatic heterocycles. The molecule has 1 atom stereocenters. The lowest BCUT2D eigenvalue weighted by molar-refractivity contribution is -0.121. The van der Waals surface area contributed by atoms with Gasteiger partial charge in [0.2, 0.25) is 5.91 Å². The summed E-state index contributed by atoms with van der Waals surface area (Å²) >= 11 is 17.9. The monoisotopic (exact) mass is 428 g/mol. The van der Waals surface area contributed by atoms with E-state index in [0.29, 0.717) is 5.69 Å². The molecule has 2 aromatic rings. The van der Waals surface area contributed by atoms with Gasteiger partial charge in [-0.15, -0.1) is 0 Å². The lowest BCUT2D eigenvalue weighted by atomic mass is 10.1. The molecule has 10 heteroatoms. The van der Waals surface area contributed by atoms with Crippen molar-refractivity contribution >= 4 is 64.0 Å². The molecule has 27 heavy (non-hydrogen) atoms. The number of carbonyl (C=O) groups excluding carboxylic acids is 2. The van der Waals surface area contributed by atoms with Gasteiger partial charge in [0.25, 0.3) is 5.91 Å². The number of carboxylic acid groups (broad SMARTS) is 1. The van der Waals surface area contributed by atoms with E-state index < -0.39 is 29.6 Å². The minimum absolute atomic E-state index is 0.0667. The van der Waals surface area contributed by atoms with E-state index in [1.54, 1.807) is 0 Å². The maximum absolute atomic E-state index is 12.7. The Morgan fingerprint density at radius 2 is 1.74 bits per heavy atom. The Morgan fingerprint density at radius 1 is 1.07 bits per heavy atom. The summed E-state index contributed by atoms with van der Waals surface area (Å²) in [5.41, 5.74) is 0.0651. The van der Waals surface area contributed by atoms with Crippen molar-refractivity contribution in [2.45, 2.75) is 12.5 Å². The third-order valence-electron chi connectivity index (χ3n) is 3.96. The first-order valence-corrected chi connectivity index (χ1v) is 8.66. The Labute approximate surface area is 168 Å². The number of rotatable bonds is 4. The number of halogens is 3. The van der Waals surface area contributed by atoms with Gasteiger partial charge in [0.15, 0.2) is 0 Å². The Hall–Kier alpha value is -2.48. The summed E-state index contributed by atoms with van der Waals surface area (Å²) in [4.78, 5) is 36.8. The molecule has 2 aromatic carbocycles. The van der Waals surface area contributed by atoms with Crippen molar-refractivity contribution in [3.63, 3.8) is 0 Å². The van der Waals surface area contributed by atoms with Crippen molar-refractivity contribution in [1.82, 2.24) is 0 Å². The Morgan fingerprint density at radius 3 is 2.37 bits per heavy atom. The number of carboxylic acids is 1. The largest absolute Gasteiger partial charge is 0.507 e. The standard InChI is InChI=1S/C17H11Cl3N2O5/c18-9-4-11(20)12(5-10(9)19)21-13-6-15(24)22(16(13)25)7-1-2-8(17(26)27)14(23)3-7/h1-5,13,21,23H,6H2,(H,26,27).